The van der Waals surface area contributed by atoms with Crippen molar-refractivity contribution in [2.75, 3.05) is 6.61 Å². The summed E-state index contributed by atoms with van der Waals surface area (Å²) in [5, 5.41) is 3.83. The lowest BCUT2D eigenvalue weighted by molar-refractivity contribution is -0.139. The first kappa shape index (κ1) is 26.8. The Balaban J connectivity index is 1.76. The Kier molecular flexibility index (Phi) is 8.39. The maximum atomic E-state index is 13.6. The minimum atomic E-state index is -4.61. The molecule has 0 unspecified atom stereocenters. The number of hydrogen-bond donors (Lipinski definition) is 0. The maximum Gasteiger partial charge on any atom is 0.419 e. The number of ether oxygens (including phenoxy) is 3. The summed E-state index contributed by atoms with van der Waals surface area (Å²) in [4.78, 5) is 16.0. The highest BCUT2D eigenvalue weighted by Gasteiger charge is 2.35. The molecule has 0 aliphatic carbocycles. The fraction of sp³-hybridized carbons (Fsp3) is 0.346. The average molecular weight is 505 g/mol. The van der Waals surface area contributed by atoms with Crippen molar-refractivity contribution in [3.8, 4) is 34.3 Å². The van der Waals surface area contributed by atoms with Gasteiger partial charge >= 0.3 is 12.1 Å². The minimum Gasteiger partial charge on any atom is -0.490 e. The van der Waals surface area contributed by atoms with Crippen molar-refractivity contribution < 1.29 is 36.7 Å². The lowest BCUT2D eigenvalue weighted by Crippen LogP contribution is -2.13. The van der Waals surface area contributed by atoms with E-state index in [1.54, 1.807) is 65.0 Å². The highest BCUT2D eigenvalue weighted by Crippen LogP contribution is 2.39. The second-order valence-corrected chi connectivity index (χ2v) is 8.22. The lowest BCUT2D eigenvalue weighted by atomic mass is 10.1. The molecule has 1 heterocycles. The van der Waals surface area contributed by atoms with Crippen LogP contribution in [0.5, 0.6) is 11.5 Å². The largest absolute Gasteiger partial charge is 0.490 e. The Hall–Kier alpha value is -3.82. The van der Waals surface area contributed by atoms with Gasteiger partial charge in [0.1, 0.15) is 17.6 Å². The Morgan fingerprint density at radius 2 is 1.72 bits per heavy atom. The van der Waals surface area contributed by atoms with Crippen LogP contribution in [0.3, 0.4) is 0 Å². The van der Waals surface area contributed by atoms with Crippen LogP contribution in [0.4, 0.5) is 13.2 Å². The molecule has 1 aromatic heterocycles. The Labute approximate surface area is 206 Å². The number of alkyl halides is 3. The van der Waals surface area contributed by atoms with E-state index in [-0.39, 0.29) is 29.1 Å². The molecule has 0 amide bonds. The Bertz CT molecular complexity index is 1220. The summed E-state index contributed by atoms with van der Waals surface area (Å²) in [6, 6.07) is 10.4. The second-order valence-electron chi connectivity index (χ2n) is 8.22. The van der Waals surface area contributed by atoms with Crippen LogP contribution >= 0.6 is 0 Å². The normalized spacial score (nSPS) is 13.0. The molecule has 0 aliphatic heterocycles. The molecule has 10 heteroatoms. The number of halogens is 3. The topological polar surface area (TPSA) is 83.7 Å². The molecule has 3 aromatic rings. The van der Waals surface area contributed by atoms with Gasteiger partial charge in [-0.1, -0.05) is 5.16 Å². The van der Waals surface area contributed by atoms with Gasteiger partial charge in [-0.3, -0.25) is 0 Å². The summed E-state index contributed by atoms with van der Waals surface area (Å²) in [6.07, 6.45) is -3.76. The monoisotopic (exact) mass is 504 g/mol. The zero-order chi connectivity index (χ0) is 26.5. The number of esters is 1. The third kappa shape index (κ3) is 6.87. The molecule has 0 fully saturated rings. The standard InChI is InChI=1S/C26H27F3N2O5/c1-6-33-25(32)16(4)13-17(5)35-20-10-7-18(8-11-20)24-30-23(31-36-24)19-9-12-22(34-15(2)3)21(14-19)26(27,28)29/h7-15,17H,6H2,1-5H3/t17-/m1/s1. The molecule has 0 bridgehead atoms. The quantitative estimate of drug-likeness (QED) is 0.243. The summed E-state index contributed by atoms with van der Waals surface area (Å²) < 4.78 is 62.0. The smallest absolute Gasteiger partial charge is 0.419 e. The molecular formula is C26H27F3N2O5. The van der Waals surface area contributed by atoms with Crippen LogP contribution in [0.2, 0.25) is 0 Å². The Morgan fingerprint density at radius 3 is 2.33 bits per heavy atom. The van der Waals surface area contributed by atoms with Crippen molar-refractivity contribution in [1.29, 1.82) is 0 Å². The molecule has 0 N–H and O–H groups in total. The fourth-order valence-electron chi connectivity index (χ4n) is 3.30. The van der Waals surface area contributed by atoms with E-state index < -0.39 is 23.8 Å². The molecular weight excluding hydrogens is 477 g/mol. The summed E-state index contributed by atoms with van der Waals surface area (Å²) in [6.45, 7) is 8.76. The van der Waals surface area contributed by atoms with Gasteiger partial charge in [-0.15, -0.1) is 0 Å². The van der Waals surface area contributed by atoms with Gasteiger partial charge in [-0.2, -0.15) is 18.2 Å². The van der Waals surface area contributed by atoms with Crippen LogP contribution in [0, 0.1) is 0 Å². The van der Waals surface area contributed by atoms with Crippen molar-refractivity contribution >= 4 is 5.97 Å². The van der Waals surface area contributed by atoms with E-state index >= 15 is 0 Å². The third-order valence-corrected chi connectivity index (χ3v) is 4.84. The summed E-state index contributed by atoms with van der Waals surface area (Å²) in [5.41, 5.74) is 0.230. The zero-order valence-corrected chi connectivity index (χ0v) is 20.6. The van der Waals surface area contributed by atoms with Gasteiger partial charge in [-0.05, 0) is 83.2 Å². The van der Waals surface area contributed by atoms with Crippen LogP contribution in [-0.2, 0) is 15.7 Å². The molecule has 0 radical (unpaired) electrons. The predicted molar refractivity (Wildman–Crippen MR) is 126 cm³/mol. The molecule has 0 aliphatic rings. The van der Waals surface area contributed by atoms with Crippen molar-refractivity contribution in [1.82, 2.24) is 10.1 Å². The predicted octanol–water partition coefficient (Wildman–Crippen LogP) is 6.49. The number of carbonyl (C=O) groups is 1. The van der Waals surface area contributed by atoms with Crippen LogP contribution in [0.15, 0.2) is 58.6 Å². The van der Waals surface area contributed by atoms with Crippen molar-refractivity contribution in [2.45, 2.75) is 53.0 Å². The van der Waals surface area contributed by atoms with Gasteiger partial charge in [0.25, 0.3) is 5.89 Å². The highest BCUT2D eigenvalue weighted by molar-refractivity contribution is 5.87. The van der Waals surface area contributed by atoms with Gasteiger partial charge in [0, 0.05) is 16.7 Å². The fourth-order valence-corrected chi connectivity index (χ4v) is 3.30. The SMILES string of the molecule is CCOC(=O)C(C)=C[C@@H](C)Oc1ccc(-c2nc(-c3ccc(OC(C)C)c(C(F)(F)F)c3)no2)cc1. The molecule has 0 saturated carbocycles. The number of benzene rings is 2. The number of nitrogens with zero attached hydrogens (tertiary/aromatic N) is 2. The van der Waals surface area contributed by atoms with E-state index in [9.17, 15) is 18.0 Å². The van der Waals surface area contributed by atoms with E-state index in [1.807, 2.05) is 0 Å². The van der Waals surface area contributed by atoms with Crippen LogP contribution in [-0.4, -0.2) is 34.9 Å². The van der Waals surface area contributed by atoms with Gasteiger partial charge in [-0.25, -0.2) is 4.79 Å². The Morgan fingerprint density at radius 1 is 1.06 bits per heavy atom. The molecule has 0 spiro atoms. The van der Waals surface area contributed by atoms with Gasteiger partial charge < -0.3 is 18.7 Å². The van der Waals surface area contributed by atoms with E-state index in [0.717, 1.165) is 6.07 Å². The number of rotatable bonds is 9. The van der Waals surface area contributed by atoms with Gasteiger partial charge in [0.2, 0.25) is 5.82 Å². The van der Waals surface area contributed by atoms with Crippen molar-refractivity contribution in [3.05, 3.63) is 59.7 Å². The molecule has 36 heavy (non-hydrogen) atoms. The molecule has 192 valence electrons. The summed E-state index contributed by atoms with van der Waals surface area (Å²) in [7, 11) is 0. The lowest BCUT2D eigenvalue weighted by Gasteiger charge is -2.16. The molecule has 0 saturated heterocycles. The first-order valence-corrected chi connectivity index (χ1v) is 11.3. The highest BCUT2D eigenvalue weighted by atomic mass is 19.4. The number of aromatic nitrogens is 2. The number of carbonyl (C=O) groups excluding carboxylic acids is 1. The third-order valence-electron chi connectivity index (χ3n) is 4.84. The average Bonchev–Trinajstić information content (AvgIpc) is 3.29. The molecule has 2 aromatic carbocycles. The van der Waals surface area contributed by atoms with Crippen molar-refractivity contribution in [3.63, 3.8) is 0 Å². The van der Waals surface area contributed by atoms with Gasteiger partial charge in [0.15, 0.2) is 0 Å². The second kappa shape index (κ2) is 11.3. The van der Waals surface area contributed by atoms with Gasteiger partial charge in [0.05, 0.1) is 18.3 Å². The summed E-state index contributed by atoms with van der Waals surface area (Å²) >= 11 is 0. The molecule has 3 rings (SSSR count). The molecule has 1 atom stereocenters. The molecule has 7 nitrogen and oxygen atoms in total. The van der Waals surface area contributed by atoms with E-state index in [4.69, 9.17) is 18.7 Å². The van der Waals surface area contributed by atoms with E-state index in [1.165, 1.54) is 12.1 Å². The van der Waals surface area contributed by atoms with Crippen LogP contribution < -0.4 is 9.47 Å². The number of hydrogen-bond acceptors (Lipinski definition) is 7. The van der Waals surface area contributed by atoms with Crippen molar-refractivity contribution in [2.24, 2.45) is 0 Å². The first-order valence-electron chi connectivity index (χ1n) is 11.3. The zero-order valence-electron chi connectivity index (χ0n) is 20.6. The first-order chi connectivity index (χ1) is 17.0. The van der Waals surface area contributed by atoms with E-state index in [0.29, 0.717) is 23.5 Å². The minimum absolute atomic E-state index is 0.0140. The van der Waals surface area contributed by atoms with Crippen LogP contribution in [0.1, 0.15) is 40.2 Å². The maximum absolute atomic E-state index is 13.6. The van der Waals surface area contributed by atoms with E-state index in [2.05, 4.69) is 10.1 Å². The van der Waals surface area contributed by atoms with Crippen LogP contribution in [0.25, 0.3) is 22.8 Å². The summed E-state index contributed by atoms with van der Waals surface area (Å²) in [5.74, 6) is 0.0234.